The molecule has 0 atom stereocenters. The largest absolute Gasteiger partial charge is 0.330 e. The van der Waals surface area contributed by atoms with Gasteiger partial charge in [-0.05, 0) is 43.7 Å². The van der Waals surface area contributed by atoms with Gasteiger partial charge in [-0.25, -0.2) is 0 Å². The van der Waals surface area contributed by atoms with Crippen molar-refractivity contribution in [2.45, 2.75) is 38.6 Å². The van der Waals surface area contributed by atoms with E-state index in [-0.39, 0.29) is 11.6 Å². The maximum atomic E-state index is 12.6. The van der Waals surface area contributed by atoms with E-state index in [1.807, 2.05) is 4.90 Å². The Hall–Kier alpha value is -1.95. The van der Waals surface area contributed by atoms with Crippen LogP contribution in [-0.2, 0) is 0 Å². The highest BCUT2D eigenvalue weighted by Crippen LogP contribution is 2.22. The molecule has 1 aliphatic carbocycles. The Balaban J connectivity index is 1.54. The van der Waals surface area contributed by atoms with Gasteiger partial charge in [0, 0.05) is 17.7 Å². The van der Waals surface area contributed by atoms with Crippen molar-refractivity contribution in [3.63, 3.8) is 0 Å². The quantitative estimate of drug-likeness (QED) is 0.674. The van der Waals surface area contributed by atoms with Crippen molar-refractivity contribution in [1.82, 2.24) is 4.90 Å². The van der Waals surface area contributed by atoms with Crippen LogP contribution in [-0.4, -0.2) is 48.0 Å². The van der Waals surface area contributed by atoms with E-state index < -0.39 is 4.92 Å². The summed E-state index contributed by atoms with van der Waals surface area (Å²) in [5, 5.41) is 10.7. The normalized spacial score (nSPS) is 25.5. The fourth-order valence-corrected chi connectivity index (χ4v) is 3.98. The van der Waals surface area contributed by atoms with Crippen molar-refractivity contribution in [3.8, 4) is 0 Å². The number of rotatable bonds is 3. The molecule has 1 aromatic carbocycles. The molecule has 2 aliphatic rings. The molecule has 0 unspecified atom stereocenters. The van der Waals surface area contributed by atoms with Crippen molar-refractivity contribution in [2.24, 2.45) is 5.92 Å². The lowest BCUT2D eigenvalue weighted by atomic mass is 9.86. The van der Waals surface area contributed by atoms with Gasteiger partial charge in [0.05, 0.1) is 37.1 Å². The van der Waals surface area contributed by atoms with Crippen LogP contribution >= 0.6 is 0 Å². The van der Waals surface area contributed by atoms with Gasteiger partial charge in [0.1, 0.15) is 0 Å². The Labute approximate surface area is 142 Å². The highest BCUT2D eigenvalue weighted by molar-refractivity contribution is 5.94. The lowest BCUT2D eigenvalue weighted by molar-refractivity contribution is -0.930. The minimum Gasteiger partial charge on any atom is -0.330 e. The number of amides is 1. The number of carbonyl (C=O) groups is 1. The van der Waals surface area contributed by atoms with Gasteiger partial charge in [-0.3, -0.25) is 14.9 Å². The smallest absolute Gasteiger partial charge is 0.269 e. The number of piperazine rings is 1. The van der Waals surface area contributed by atoms with E-state index in [9.17, 15) is 14.9 Å². The van der Waals surface area contributed by atoms with Crippen LogP contribution in [0.15, 0.2) is 24.3 Å². The molecule has 1 aliphatic heterocycles. The predicted octanol–water partition coefficient (Wildman–Crippen LogP) is 1.51. The van der Waals surface area contributed by atoms with E-state index in [4.69, 9.17) is 0 Å². The molecule has 1 amide bonds. The molecule has 0 aromatic heterocycles. The standard InChI is InChI=1S/C18H25N3O3/c1-14-2-6-16(7-3-14)19-10-12-20(13-11-19)18(22)15-4-8-17(9-5-15)21(23)24/h4-5,8-9,14,16H,2-3,6-7,10-13H2,1H3/p+1. The van der Waals surface area contributed by atoms with Crippen LogP contribution in [0.1, 0.15) is 43.0 Å². The molecule has 0 bridgehead atoms. The zero-order valence-electron chi connectivity index (χ0n) is 14.2. The average molecular weight is 332 g/mol. The first kappa shape index (κ1) is 16.9. The fourth-order valence-electron chi connectivity index (χ4n) is 3.98. The number of benzene rings is 1. The molecule has 0 spiro atoms. The first-order chi connectivity index (χ1) is 11.5. The zero-order chi connectivity index (χ0) is 17.1. The number of quaternary nitrogens is 1. The third-order valence-corrected chi connectivity index (χ3v) is 5.61. The predicted molar refractivity (Wildman–Crippen MR) is 91.1 cm³/mol. The summed E-state index contributed by atoms with van der Waals surface area (Å²) in [6.45, 7) is 5.91. The number of nitro benzene ring substituents is 1. The van der Waals surface area contributed by atoms with Crippen molar-refractivity contribution >= 4 is 11.6 Å². The Morgan fingerprint density at radius 2 is 1.71 bits per heavy atom. The van der Waals surface area contributed by atoms with Gasteiger partial charge in [-0.1, -0.05) is 6.92 Å². The molecule has 1 heterocycles. The SMILES string of the molecule is CC1CCC([NH+]2CCN(C(=O)c3ccc([N+](=O)[O-])cc3)CC2)CC1. The highest BCUT2D eigenvalue weighted by Gasteiger charge is 2.31. The summed E-state index contributed by atoms with van der Waals surface area (Å²) in [5.74, 6) is 0.854. The molecule has 24 heavy (non-hydrogen) atoms. The maximum absolute atomic E-state index is 12.6. The molecule has 3 rings (SSSR count). The third-order valence-electron chi connectivity index (χ3n) is 5.61. The van der Waals surface area contributed by atoms with Gasteiger partial charge in [-0.15, -0.1) is 0 Å². The topological polar surface area (TPSA) is 67.9 Å². The highest BCUT2D eigenvalue weighted by atomic mass is 16.6. The lowest BCUT2D eigenvalue weighted by Crippen LogP contribution is -3.18. The number of nitrogens with one attached hydrogen (secondary N) is 1. The molecule has 0 radical (unpaired) electrons. The van der Waals surface area contributed by atoms with Crippen LogP contribution in [0.2, 0.25) is 0 Å². The summed E-state index contributed by atoms with van der Waals surface area (Å²) in [6.07, 6.45) is 5.29. The van der Waals surface area contributed by atoms with Gasteiger partial charge in [0.2, 0.25) is 0 Å². The first-order valence-corrected chi connectivity index (χ1v) is 8.93. The Morgan fingerprint density at radius 3 is 2.25 bits per heavy atom. The molecule has 1 saturated carbocycles. The number of nitro groups is 1. The first-order valence-electron chi connectivity index (χ1n) is 8.93. The number of hydrogen-bond donors (Lipinski definition) is 1. The van der Waals surface area contributed by atoms with Crippen LogP contribution in [0.5, 0.6) is 0 Å². The summed E-state index contributed by atoms with van der Waals surface area (Å²) in [6, 6.07) is 6.68. The number of hydrogen-bond acceptors (Lipinski definition) is 3. The molecule has 2 fully saturated rings. The Kier molecular flexibility index (Phi) is 5.14. The molecule has 1 aromatic rings. The Morgan fingerprint density at radius 1 is 1.12 bits per heavy atom. The van der Waals surface area contributed by atoms with Crippen LogP contribution in [0, 0.1) is 16.0 Å². The van der Waals surface area contributed by atoms with E-state index in [0.717, 1.165) is 38.1 Å². The second kappa shape index (κ2) is 7.30. The van der Waals surface area contributed by atoms with Crippen LogP contribution in [0.4, 0.5) is 5.69 Å². The molecule has 6 nitrogen and oxygen atoms in total. The van der Waals surface area contributed by atoms with E-state index >= 15 is 0 Å². The molecule has 130 valence electrons. The minimum atomic E-state index is -0.443. The summed E-state index contributed by atoms with van der Waals surface area (Å²) < 4.78 is 0. The van der Waals surface area contributed by atoms with Crippen LogP contribution in [0.3, 0.4) is 0 Å². The molecular formula is C18H26N3O3+. The van der Waals surface area contributed by atoms with Crippen molar-refractivity contribution < 1.29 is 14.6 Å². The second-order valence-electron chi connectivity index (χ2n) is 7.21. The fraction of sp³-hybridized carbons (Fsp3) is 0.611. The van der Waals surface area contributed by atoms with Crippen molar-refractivity contribution in [1.29, 1.82) is 0 Å². The third kappa shape index (κ3) is 3.75. The summed E-state index contributed by atoms with van der Waals surface area (Å²) >= 11 is 0. The average Bonchev–Trinajstić information content (AvgIpc) is 2.62. The van der Waals surface area contributed by atoms with Gasteiger partial charge < -0.3 is 9.80 Å². The van der Waals surface area contributed by atoms with Crippen molar-refractivity contribution in [3.05, 3.63) is 39.9 Å². The number of non-ortho nitro benzene ring substituents is 1. The minimum absolute atomic E-state index is 0.0128. The van der Waals surface area contributed by atoms with E-state index in [0.29, 0.717) is 5.56 Å². The van der Waals surface area contributed by atoms with E-state index in [2.05, 4.69) is 6.92 Å². The van der Waals surface area contributed by atoms with Gasteiger partial charge in [-0.2, -0.15) is 0 Å². The zero-order valence-corrected chi connectivity index (χ0v) is 14.2. The summed E-state index contributed by atoms with van der Waals surface area (Å²) in [7, 11) is 0. The number of carbonyl (C=O) groups excluding carboxylic acids is 1. The molecule has 1 N–H and O–H groups in total. The summed E-state index contributed by atoms with van der Waals surface area (Å²) in [4.78, 5) is 26.3. The van der Waals surface area contributed by atoms with Gasteiger partial charge in [0.25, 0.3) is 11.6 Å². The lowest BCUT2D eigenvalue weighted by Gasteiger charge is -2.39. The monoisotopic (exact) mass is 332 g/mol. The Bertz CT molecular complexity index is 586. The number of nitrogens with zero attached hydrogens (tertiary/aromatic N) is 2. The van der Waals surface area contributed by atoms with Crippen molar-refractivity contribution in [2.75, 3.05) is 26.2 Å². The van der Waals surface area contributed by atoms with E-state index in [1.165, 1.54) is 37.8 Å². The molecule has 1 saturated heterocycles. The van der Waals surface area contributed by atoms with Crippen LogP contribution < -0.4 is 4.90 Å². The summed E-state index contributed by atoms with van der Waals surface area (Å²) in [5.41, 5.74) is 0.558. The second-order valence-corrected chi connectivity index (χ2v) is 7.21. The van der Waals surface area contributed by atoms with Gasteiger partial charge in [0.15, 0.2) is 0 Å². The molecular weight excluding hydrogens is 306 g/mol. The van der Waals surface area contributed by atoms with Crippen LogP contribution in [0.25, 0.3) is 0 Å². The van der Waals surface area contributed by atoms with Gasteiger partial charge >= 0.3 is 0 Å². The maximum Gasteiger partial charge on any atom is 0.269 e. The molecule has 6 heteroatoms. The van der Waals surface area contributed by atoms with E-state index in [1.54, 1.807) is 17.0 Å².